The maximum atomic E-state index is 13.1. The molecular formula is C31H41BrN6O3S. The van der Waals surface area contributed by atoms with Crippen molar-refractivity contribution in [2.75, 3.05) is 18.4 Å². The van der Waals surface area contributed by atoms with Gasteiger partial charge < -0.3 is 26.1 Å². The summed E-state index contributed by atoms with van der Waals surface area (Å²) in [6, 6.07) is 13.2. The number of hydrogen-bond acceptors (Lipinski definition) is 7. The van der Waals surface area contributed by atoms with Gasteiger partial charge in [0.1, 0.15) is 17.4 Å². The van der Waals surface area contributed by atoms with E-state index in [2.05, 4.69) is 50.8 Å². The molecule has 5 rings (SSSR count). The zero-order chi connectivity index (χ0) is 30.2. The number of para-hydroxylation sites is 1. The van der Waals surface area contributed by atoms with Crippen LogP contribution in [0.2, 0.25) is 0 Å². The Labute approximate surface area is 257 Å². The number of sulfone groups is 1. The third kappa shape index (κ3) is 6.24. The number of nitrogens with two attached hydrogens (primary N) is 1. The normalized spacial score (nSPS) is 19.0. The Morgan fingerprint density at radius 1 is 1.12 bits per heavy atom. The molecule has 0 bridgehead atoms. The molecule has 0 amide bonds. The Morgan fingerprint density at radius 2 is 1.83 bits per heavy atom. The van der Waals surface area contributed by atoms with Gasteiger partial charge >= 0.3 is 0 Å². The van der Waals surface area contributed by atoms with E-state index in [9.17, 15) is 8.42 Å². The van der Waals surface area contributed by atoms with E-state index in [1.165, 1.54) is 11.1 Å². The van der Waals surface area contributed by atoms with Gasteiger partial charge in [-0.1, -0.05) is 12.1 Å². The van der Waals surface area contributed by atoms with E-state index in [4.69, 9.17) is 15.5 Å². The minimum absolute atomic E-state index is 0.0202. The minimum Gasteiger partial charge on any atom is -0.489 e. The molecule has 1 saturated heterocycles. The third-order valence-electron chi connectivity index (χ3n) is 7.84. The van der Waals surface area contributed by atoms with E-state index in [1.54, 1.807) is 42.0 Å². The molecule has 11 heteroatoms. The number of piperidine rings is 1. The molecule has 3 heterocycles. The van der Waals surface area contributed by atoms with Gasteiger partial charge in [0.25, 0.3) is 0 Å². The summed E-state index contributed by atoms with van der Waals surface area (Å²) in [5.41, 5.74) is 12.0. The topological polar surface area (TPSA) is 125 Å². The number of amidine groups is 1. The van der Waals surface area contributed by atoms with Crippen LogP contribution in [-0.4, -0.2) is 53.8 Å². The maximum Gasteiger partial charge on any atom is 0.182 e. The van der Waals surface area contributed by atoms with Crippen LogP contribution in [0.5, 0.6) is 5.75 Å². The lowest BCUT2D eigenvalue weighted by Crippen LogP contribution is -2.45. The molecule has 42 heavy (non-hydrogen) atoms. The molecule has 0 saturated carbocycles. The van der Waals surface area contributed by atoms with Crippen molar-refractivity contribution in [1.82, 2.24) is 14.2 Å². The van der Waals surface area contributed by atoms with Crippen molar-refractivity contribution in [2.45, 2.75) is 82.2 Å². The third-order valence-corrected chi connectivity index (χ3v) is 10.9. The number of aromatic amines is 1. The number of anilines is 2. The first-order chi connectivity index (χ1) is 20.0. The summed E-state index contributed by atoms with van der Waals surface area (Å²) in [6.07, 6.45) is 2.40. The number of nitrogens with zero attached hydrogens (tertiary/aromatic N) is 2. The van der Waals surface area contributed by atoms with E-state index in [0.717, 1.165) is 54.4 Å². The van der Waals surface area contributed by atoms with Crippen LogP contribution in [0, 0.1) is 6.92 Å². The van der Waals surface area contributed by atoms with E-state index < -0.39 is 21.3 Å². The Morgan fingerprint density at radius 3 is 2.52 bits per heavy atom. The van der Waals surface area contributed by atoms with E-state index in [1.807, 2.05) is 19.9 Å². The van der Waals surface area contributed by atoms with Crippen LogP contribution in [0.3, 0.4) is 0 Å². The zero-order valence-electron chi connectivity index (χ0n) is 24.9. The molecule has 1 aromatic heterocycles. The molecule has 2 aliphatic heterocycles. The lowest BCUT2D eigenvalue weighted by molar-refractivity contribution is 0.243. The molecule has 0 spiro atoms. The largest absolute Gasteiger partial charge is 0.489 e. The Balaban J connectivity index is 1.53. The van der Waals surface area contributed by atoms with Crippen LogP contribution in [-0.2, 0) is 16.3 Å². The molecule has 0 aliphatic carbocycles. The van der Waals surface area contributed by atoms with Crippen molar-refractivity contribution in [2.24, 2.45) is 10.7 Å². The Kier molecular flexibility index (Phi) is 9.03. The second-order valence-corrected chi connectivity index (χ2v) is 14.9. The van der Waals surface area contributed by atoms with E-state index in [0.29, 0.717) is 23.9 Å². The van der Waals surface area contributed by atoms with Crippen LogP contribution in [0.1, 0.15) is 68.8 Å². The molecule has 1 unspecified atom stereocenters. The molecule has 9 nitrogen and oxygen atoms in total. The van der Waals surface area contributed by atoms with Crippen molar-refractivity contribution in [3.63, 3.8) is 0 Å². The molecule has 3 aromatic rings. The number of halogens is 1. The summed E-state index contributed by atoms with van der Waals surface area (Å²) >= 11 is 3.59. The number of aromatic nitrogens is 1. The summed E-state index contributed by atoms with van der Waals surface area (Å²) < 4.78 is 34.2. The second-order valence-electron chi connectivity index (χ2n) is 11.7. The van der Waals surface area contributed by atoms with Crippen LogP contribution < -0.4 is 21.1 Å². The second kappa shape index (κ2) is 12.4. The summed E-state index contributed by atoms with van der Waals surface area (Å²) in [5, 5.41) is 6.44. The van der Waals surface area contributed by atoms with Crippen molar-refractivity contribution in [1.29, 1.82) is 0 Å². The van der Waals surface area contributed by atoms with Crippen molar-refractivity contribution < 1.29 is 13.2 Å². The molecule has 1 fully saturated rings. The Hall–Kier alpha value is -2.86. The lowest BCUT2D eigenvalue weighted by atomic mass is 9.87. The fourth-order valence-corrected chi connectivity index (χ4v) is 7.22. The number of hydrogen-bond donors (Lipinski definition) is 4. The summed E-state index contributed by atoms with van der Waals surface area (Å²) in [7, 11) is -3.54. The van der Waals surface area contributed by atoms with Crippen molar-refractivity contribution >= 4 is 49.0 Å². The van der Waals surface area contributed by atoms with Crippen LogP contribution in [0.4, 0.5) is 17.2 Å². The maximum absolute atomic E-state index is 13.1. The highest BCUT2D eigenvalue weighted by atomic mass is 79.9. The number of aliphatic imine (C=N–C) groups is 1. The molecule has 1 atom stereocenters. The Bertz CT molecular complexity index is 1580. The smallest absolute Gasteiger partial charge is 0.182 e. The molecule has 2 aliphatic rings. The zero-order valence-corrected chi connectivity index (χ0v) is 27.3. The quantitative estimate of drug-likeness (QED) is 0.218. The SMILES string of the molecule is Cc1cc(Nc2cc3c([nH]2)CC(N)N(Br)C3=Nc2ccccc2S(=O)(=O)C(C)C)c(OC(C)C)cc1C1CCNCC1. The van der Waals surface area contributed by atoms with E-state index in [-0.39, 0.29) is 11.0 Å². The number of H-pyrrole nitrogens is 1. The number of benzene rings is 2. The standard InChI is InChI=1S/C31H41BrN6O3S/c1-18(2)41-27-15-22(21-10-12-34-13-11-21)20(5)14-26(27)36-30-16-23-25(35-30)17-29(33)38(32)31(23)37-24-8-6-7-9-28(24)42(39,40)19(3)4/h6-9,14-16,18-19,21,29,34-36H,10-13,17,33H2,1-5H3. The first-order valence-corrected chi connectivity index (χ1v) is 16.8. The van der Waals surface area contributed by atoms with Gasteiger partial charge in [0.15, 0.2) is 9.84 Å². The number of nitrogens with one attached hydrogen (secondary N) is 3. The molecule has 226 valence electrons. The lowest BCUT2D eigenvalue weighted by Gasteiger charge is -2.30. The van der Waals surface area contributed by atoms with Gasteiger partial charge in [-0.2, -0.15) is 0 Å². The van der Waals surface area contributed by atoms with Gasteiger partial charge in [-0.15, -0.1) is 0 Å². The summed E-state index contributed by atoms with van der Waals surface area (Å²) in [6.45, 7) is 11.6. The average molecular weight is 658 g/mol. The fraction of sp³-hybridized carbons (Fsp3) is 0.452. The highest BCUT2D eigenvalue weighted by Crippen LogP contribution is 2.38. The van der Waals surface area contributed by atoms with Crippen LogP contribution >= 0.6 is 16.1 Å². The number of ether oxygens (including phenoxy) is 1. The number of rotatable bonds is 8. The predicted molar refractivity (Wildman–Crippen MR) is 173 cm³/mol. The molecule has 0 radical (unpaired) electrons. The monoisotopic (exact) mass is 656 g/mol. The van der Waals surface area contributed by atoms with Crippen molar-refractivity contribution in [3.05, 3.63) is 64.8 Å². The van der Waals surface area contributed by atoms with Crippen molar-refractivity contribution in [3.8, 4) is 5.75 Å². The highest BCUT2D eigenvalue weighted by molar-refractivity contribution is 9.07. The highest BCUT2D eigenvalue weighted by Gasteiger charge is 2.31. The molecule has 2 aromatic carbocycles. The van der Waals surface area contributed by atoms with Gasteiger partial charge in [-0.25, -0.2) is 13.4 Å². The average Bonchev–Trinajstić information content (AvgIpc) is 3.34. The number of aryl methyl sites for hydroxylation is 1. The van der Waals surface area contributed by atoms with Crippen LogP contribution in [0.15, 0.2) is 52.4 Å². The van der Waals surface area contributed by atoms with Gasteiger partial charge in [-0.3, -0.25) is 3.93 Å². The van der Waals surface area contributed by atoms with Gasteiger partial charge in [0.2, 0.25) is 0 Å². The fourth-order valence-electron chi connectivity index (χ4n) is 5.62. The van der Waals surface area contributed by atoms with Gasteiger partial charge in [0.05, 0.1) is 49.9 Å². The predicted octanol–water partition coefficient (Wildman–Crippen LogP) is 6.03. The number of fused-ring (bicyclic) bond motifs is 1. The minimum atomic E-state index is -3.54. The van der Waals surface area contributed by atoms with Gasteiger partial charge in [-0.05, 0) is 108 Å². The first kappa shape index (κ1) is 30.6. The van der Waals surface area contributed by atoms with Crippen LogP contribution in [0.25, 0.3) is 0 Å². The van der Waals surface area contributed by atoms with Gasteiger partial charge in [0, 0.05) is 17.7 Å². The molecule has 5 N–H and O–H groups in total. The van der Waals surface area contributed by atoms with E-state index >= 15 is 0 Å². The molecular weight excluding hydrogens is 616 g/mol. The summed E-state index contributed by atoms with van der Waals surface area (Å²) in [4.78, 5) is 8.54. The first-order valence-electron chi connectivity index (χ1n) is 14.6. The summed E-state index contributed by atoms with van der Waals surface area (Å²) in [5.74, 6) is 2.64.